The van der Waals surface area contributed by atoms with E-state index in [0.29, 0.717) is 20.9 Å². The zero-order chi connectivity index (χ0) is 18.7. The number of methoxy groups -OCH3 is 1. The molecule has 0 bridgehead atoms. The molecule has 0 atom stereocenters. The van der Waals surface area contributed by atoms with Crippen LogP contribution in [0, 0.1) is 11.2 Å². The third-order valence-electron chi connectivity index (χ3n) is 3.51. The van der Waals surface area contributed by atoms with Gasteiger partial charge in [-0.2, -0.15) is 0 Å². The fourth-order valence-corrected chi connectivity index (χ4v) is 3.57. The number of rotatable bonds is 5. The molecule has 5 nitrogen and oxygen atoms in total. The second-order valence-electron chi connectivity index (χ2n) is 5.34. The van der Waals surface area contributed by atoms with Crippen molar-refractivity contribution in [3.63, 3.8) is 0 Å². The topological polar surface area (TPSA) is 71.4 Å². The van der Waals surface area contributed by atoms with Gasteiger partial charge in [0.2, 0.25) is 0 Å². The number of benzene rings is 2. The summed E-state index contributed by atoms with van der Waals surface area (Å²) < 4.78 is 24.8. The Kier molecular flexibility index (Phi) is 5.63. The molecule has 0 aliphatic carbocycles. The highest BCUT2D eigenvalue weighted by molar-refractivity contribution is 9.10. The molecule has 3 rings (SSSR count). The van der Waals surface area contributed by atoms with E-state index in [1.807, 2.05) is 0 Å². The summed E-state index contributed by atoms with van der Waals surface area (Å²) in [6.45, 7) is 0.255. The quantitative estimate of drug-likeness (QED) is 0.684. The molecule has 0 saturated carbocycles. The summed E-state index contributed by atoms with van der Waals surface area (Å²) in [6.07, 6.45) is 1.68. The molecule has 26 heavy (non-hydrogen) atoms. The maximum absolute atomic E-state index is 13.0. The van der Waals surface area contributed by atoms with Gasteiger partial charge in [-0.25, -0.2) is 4.39 Å². The molecule has 134 valence electrons. The highest BCUT2D eigenvalue weighted by Crippen LogP contribution is 2.38. The molecule has 1 amide bonds. The molecule has 2 aromatic carbocycles. The van der Waals surface area contributed by atoms with Crippen molar-refractivity contribution in [3.05, 3.63) is 62.7 Å². The Morgan fingerprint density at radius 2 is 2.04 bits per heavy atom. The predicted molar refractivity (Wildman–Crippen MR) is 103 cm³/mol. The van der Waals surface area contributed by atoms with Crippen LogP contribution in [0.3, 0.4) is 0 Å². The van der Waals surface area contributed by atoms with E-state index in [9.17, 15) is 9.18 Å². The standard InChI is InChI=1S/C18H14BrFN2O3S/c1-24-14-7-11(8-15-17(23)22-18(21)26-15)6-13(19)16(14)25-9-10-2-4-12(20)5-3-10/h2-8H,9H2,1H3,(H2,21,22,23). The first-order valence-corrected chi connectivity index (χ1v) is 9.11. The lowest BCUT2D eigenvalue weighted by atomic mass is 10.2. The van der Waals surface area contributed by atoms with Crippen molar-refractivity contribution in [3.8, 4) is 11.5 Å². The number of carbonyl (C=O) groups is 1. The van der Waals surface area contributed by atoms with E-state index < -0.39 is 0 Å². The van der Waals surface area contributed by atoms with Crippen LogP contribution < -0.4 is 14.8 Å². The Bertz CT molecular complexity index is 900. The van der Waals surface area contributed by atoms with Crippen LogP contribution in [-0.2, 0) is 11.4 Å². The Morgan fingerprint density at radius 1 is 1.31 bits per heavy atom. The third kappa shape index (κ3) is 4.25. The normalized spacial score (nSPS) is 15.3. The number of amides is 1. The summed E-state index contributed by atoms with van der Waals surface area (Å²) in [7, 11) is 1.52. The number of ether oxygens (including phenoxy) is 2. The lowest BCUT2D eigenvalue weighted by Crippen LogP contribution is -2.18. The Hall–Kier alpha value is -2.32. The molecule has 1 aliphatic heterocycles. The SMILES string of the molecule is COc1cc(C=C2SC(=N)NC2=O)cc(Br)c1OCc1ccc(F)cc1. The second-order valence-corrected chi connectivity index (χ2v) is 7.25. The first kappa shape index (κ1) is 18.5. The van der Waals surface area contributed by atoms with Gasteiger partial charge in [-0.15, -0.1) is 0 Å². The van der Waals surface area contributed by atoms with E-state index in [0.717, 1.165) is 22.9 Å². The van der Waals surface area contributed by atoms with Gasteiger partial charge >= 0.3 is 0 Å². The van der Waals surface area contributed by atoms with E-state index in [-0.39, 0.29) is 23.5 Å². The van der Waals surface area contributed by atoms with Crippen LogP contribution in [0.4, 0.5) is 4.39 Å². The molecular weight excluding hydrogens is 423 g/mol. The summed E-state index contributed by atoms with van der Waals surface area (Å²) in [5.74, 6) is 0.403. The lowest BCUT2D eigenvalue weighted by Gasteiger charge is -2.14. The van der Waals surface area contributed by atoms with E-state index in [4.69, 9.17) is 14.9 Å². The van der Waals surface area contributed by atoms with Gasteiger partial charge in [-0.05, 0) is 69.2 Å². The third-order valence-corrected chi connectivity index (χ3v) is 4.93. The minimum absolute atomic E-state index is 0.103. The second kappa shape index (κ2) is 7.92. The van der Waals surface area contributed by atoms with Crippen molar-refractivity contribution in [2.45, 2.75) is 6.61 Å². The average molecular weight is 437 g/mol. The summed E-state index contributed by atoms with van der Waals surface area (Å²) in [6, 6.07) is 9.60. The Labute approximate surface area is 162 Å². The highest BCUT2D eigenvalue weighted by atomic mass is 79.9. The number of hydrogen-bond acceptors (Lipinski definition) is 5. The van der Waals surface area contributed by atoms with E-state index in [1.165, 1.54) is 19.2 Å². The molecule has 0 aromatic heterocycles. The number of halogens is 2. The number of amidine groups is 1. The smallest absolute Gasteiger partial charge is 0.264 e. The summed E-state index contributed by atoms with van der Waals surface area (Å²) in [4.78, 5) is 12.2. The van der Waals surface area contributed by atoms with Gasteiger partial charge in [0.25, 0.3) is 5.91 Å². The molecule has 0 spiro atoms. The first-order chi connectivity index (χ1) is 12.5. The zero-order valence-corrected chi connectivity index (χ0v) is 16.0. The summed E-state index contributed by atoms with van der Waals surface area (Å²) in [5, 5.41) is 10.0. The lowest BCUT2D eigenvalue weighted by molar-refractivity contribution is -0.115. The van der Waals surface area contributed by atoms with Crippen LogP contribution in [0.25, 0.3) is 6.08 Å². The molecule has 1 aliphatic rings. The molecule has 1 fully saturated rings. The molecule has 1 saturated heterocycles. The van der Waals surface area contributed by atoms with E-state index >= 15 is 0 Å². The molecule has 2 aromatic rings. The van der Waals surface area contributed by atoms with Gasteiger partial charge in [0.05, 0.1) is 16.5 Å². The Balaban J connectivity index is 1.83. The van der Waals surface area contributed by atoms with Crippen molar-refractivity contribution in [2.75, 3.05) is 7.11 Å². The van der Waals surface area contributed by atoms with Gasteiger partial charge in [0.15, 0.2) is 16.7 Å². The van der Waals surface area contributed by atoms with Gasteiger partial charge in [-0.1, -0.05) is 12.1 Å². The number of nitrogens with one attached hydrogen (secondary N) is 2. The molecular formula is C18H14BrFN2O3S. The van der Waals surface area contributed by atoms with Crippen molar-refractivity contribution >= 4 is 44.8 Å². The van der Waals surface area contributed by atoms with Crippen LogP contribution in [-0.4, -0.2) is 18.2 Å². The van der Waals surface area contributed by atoms with Gasteiger partial charge in [0, 0.05) is 0 Å². The minimum Gasteiger partial charge on any atom is -0.493 e. The number of thioether (sulfide) groups is 1. The van der Waals surface area contributed by atoms with Crippen LogP contribution in [0.2, 0.25) is 0 Å². The summed E-state index contributed by atoms with van der Waals surface area (Å²) in [5.41, 5.74) is 1.55. The minimum atomic E-state index is -0.299. The van der Waals surface area contributed by atoms with Crippen LogP contribution >= 0.6 is 27.7 Å². The summed E-state index contributed by atoms with van der Waals surface area (Å²) >= 11 is 4.52. The number of carbonyl (C=O) groups excluding carboxylic acids is 1. The zero-order valence-electron chi connectivity index (χ0n) is 13.6. The molecule has 2 N–H and O–H groups in total. The van der Waals surface area contributed by atoms with Crippen LogP contribution in [0.5, 0.6) is 11.5 Å². The maximum Gasteiger partial charge on any atom is 0.264 e. The fourth-order valence-electron chi connectivity index (χ4n) is 2.29. The predicted octanol–water partition coefficient (Wildman–Crippen LogP) is 4.31. The molecule has 1 heterocycles. The average Bonchev–Trinajstić information content (AvgIpc) is 2.92. The van der Waals surface area contributed by atoms with Gasteiger partial charge < -0.3 is 14.8 Å². The monoisotopic (exact) mass is 436 g/mol. The highest BCUT2D eigenvalue weighted by Gasteiger charge is 2.22. The van der Waals surface area contributed by atoms with E-state index in [2.05, 4.69) is 21.2 Å². The van der Waals surface area contributed by atoms with Crippen molar-refractivity contribution in [1.82, 2.24) is 5.32 Å². The molecule has 0 unspecified atom stereocenters. The van der Waals surface area contributed by atoms with Gasteiger partial charge in [-0.3, -0.25) is 10.2 Å². The van der Waals surface area contributed by atoms with Crippen molar-refractivity contribution in [1.29, 1.82) is 5.41 Å². The van der Waals surface area contributed by atoms with Crippen molar-refractivity contribution < 1.29 is 18.7 Å². The van der Waals surface area contributed by atoms with Gasteiger partial charge in [0.1, 0.15) is 12.4 Å². The van der Waals surface area contributed by atoms with Crippen molar-refractivity contribution in [2.24, 2.45) is 0 Å². The van der Waals surface area contributed by atoms with Crippen LogP contribution in [0.1, 0.15) is 11.1 Å². The molecule has 8 heteroatoms. The number of hydrogen-bond donors (Lipinski definition) is 2. The van der Waals surface area contributed by atoms with Crippen LogP contribution in [0.15, 0.2) is 45.8 Å². The maximum atomic E-state index is 13.0. The fraction of sp³-hybridized carbons (Fsp3) is 0.111. The van der Waals surface area contributed by atoms with E-state index in [1.54, 1.807) is 30.3 Å². The Morgan fingerprint density at radius 3 is 2.65 bits per heavy atom. The largest absolute Gasteiger partial charge is 0.493 e. The molecule has 0 radical (unpaired) electrons. The first-order valence-electron chi connectivity index (χ1n) is 7.50.